The van der Waals surface area contributed by atoms with Crippen molar-refractivity contribution in [2.24, 2.45) is 11.8 Å². The van der Waals surface area contributed by atoms with Gasteiger partial charge in [0.2, 0.25) is 0 Å². The van der Waals surface area contributed by atoms with E-state index in [1.165, 1.54) is 0 Å². The first kappa shape index (κ1) is 14.0. The molecule has 0 aliphatic carbocycles. The van der Waals surface area contributed by atoms with Gasteiger partial charge in [-0.1, -0.05) is 41.0 Å². The van der Waals surface area contributed by atoms with E-state index in [2.05, 4.69) is 13.8 Å². The van der Waals surface area contributed by atoms with Crippen LogP contribution in [0.25, 0.3) is 0 Å². The topological polar surface area (TPSA) is 37.3 Å². The van der Waals surface area contributed by atoms with Crippen molar-refractivity contribution in [1.82, 2.24) is 0 Å². The molecule has 0 fully saturated rings. The van der Waals surface area contributed by atoms with Crippen molar-refractivity contribution < 1.29 is 9.90 Å². The van der Waals surface area contributed by atoms with Gasteiger partial charge in [0.1, 0.15) is 0 Å². The van der Waals surface area contributed by atoms with E-state index in [4.69, 9.17) is 5.11 Å². The average Bonchev–Trinajstić information content (AvgIpc) is 1.98. The summed E-state index contributed by atoms with van der Waals surface area (Å²) in [6.07, 6.45) is 3.08. The lowest BCUT2D eigenvalue weighted by Gasteiger charge is -2.17. The number of hydrogen-bond donors (Lipinski definition) is 1. The minimum absolute atomic E-state index is 0. The Morgan fingerprint density at radius 3 is 2.17 bits per heavy atom. The molecule has 0 saturated carbocycles. The van der Waals surface area contributed by atoms with Gasteiger partial charge < -0.3 is 5.11 Å². The molecule has 0 amide bonds. The second-order valence-corrected chi connectivity index (χ2v) is 3.08. The second kappa shape index (κ2) is 7.14. The lowest BCUT2D eigenvalue weighted by atomic mass is 9.88. The van der Waals surface area contributed by atoms with Crippen LogP contribution in [-0.4, -0.2) is 11.1 Å². The summed E-state index contributed by atoms with van der Waals surface area (Å²) in [6.45, 7) is 5.95. The third kappa shape index (κ3) is 4.37. The summed E-state index contributed by atoms with van der Waals surface area (Å²) in [7, 11) is 0. The summed E-state index contributed by atoms with van der Waals surface area (Å²) in [5, 5.41) is 8.71. The van der Waals surface area contributed by atoms with Gasteiger partial charge in [0.05, 0.1) is 5.92 Å². The number of hydrogen-bond acceptors (Lipinski definition) is 1. The van der Waals surface area contributed by atoms with Gasteiger partial charge in [-0.2, -0.15) is 0 Å². The smallest absolute Gasteiger partial charge is 0.306 e. The Hall–Kier alpha value is -0.530. The predicted octanol–water partition coefficient (Wildman–Crippen LogP) is 3.17. The van der Waals surface area contributed by atoms with Gasteiger partial charge >= 0.3 is 5.97 Å². The highest BCUT2D eigenvalue weighted by molar-refractivity contribution is 5.69. The van der Waals surface area contributed by atoms with Crippen LogP contribution < -0.4 is 0 Å². The molecule has 12 heavy (non-hydrogen) atoms. The highest BCUT2D eigenvalue weighted by Gasteiger charge is 2.20. The average molecular weight is 174 g/mol. The molecule has 0 saturated heterocycles. The Labute approximate surface area is 76.0 Å². The fraction of sp³-hybridized carbons (Fsp3) is 0.900. The first-order valence-electron chi connectivity index (χ1n) is 4.36. The third-order valence-electron chi connectivity index (χ3n) is 2.28. The molecule has 0 aliphatic rings. The standard InChI is InChI=1S/C9H18O2.CH4/c1-4-6-8(5-2)7(3)9(10)11;/h7-8H,4-6H2,1-3H3,(H,10,11);1H4. The quantitative estimate of drug-likeness (QED) is 0.695. The van der Waals surface area contributed by atoms with Crippen LogP contribution in [-0.2, 0) is 4.79 Å². The van der Waals surface area contributed by atoms with E-state index < -0.39 is 5.97 Å². The molecule has 2 atom stereocenters. The maximum absolute atomic E-state index is 10.6. The molecule has 0 rings (SSSR count). The molecule has 2 nitrogen and oxygen atoms in total. The molecule has 0 radical (unpaired) electrons. The Bertz CT molecular complexity index is 121. The van der Waals surface area contributed by atoms with Crippen molar-refractivity contribution in [2.75, 3.05) is 0 Å². The van der Waals surface area contributed by atoms with E-state index in [9.17, 15) is 4.79 Å². The van der Waals surface area contributed by atoms with Crippen LogP contribution in [0.3, 0.4) is 0 Å². The van der Waals surface area contributed by atoms with E-state index in [1.807, 2.05) is 0 Å². The Kier molecular flexibility index (Phi) is 8.34. The summed E-state index contributed by atoms with van der Waals surface area (Å²) in [6, 6.07) is 0. The van der Waals surface area contributed by atoms with Crippen molar-refractivity contribution in [2.45, 2.75) is 47.5 Å². The van der Waals surface area contributed by atoms with Gasteiger partial charge in [0.25, 0.3) is 0 Å². The lowest BCUT2D eigenvalue weighted by Crippen LogP contribution is -2.19. The van der Waals surface area contributed by atoms with Crippen molar-refractivity contribution in [3.63, 3.8) is 0 Å². The second-order valence-electron chi connectivity index (χ2n) is 3.08. The predicted molar refractivity (Wildman–Crippen MR) is 52.2 cm³/mol. The minimum atomic E-state index is -0.662. The van der Waals surface area contributed by atoms with E-state index in [-0.39, 0.29) is 13.3 Å². The molecule has 0 spiro atoms. The fourth-order valence-electron chi connectivity index (χ4n) is 1.38. The molecule has 0 bridgehead atoms. The fourth-order valence-corrected chi connectivity index (χ4v) is 1.38. The number of aliphatic carboxylic acids is 1. The normalized spacial score (nSPS) is 14.6. The summed E-state index contributed by atoms with van der Waals surface area (Å²) >= 11 is 0. The lowest BCUT2D eigenvalue weighted by molar-refractivity contribution is -0.143. The maximum atomic E-state index is 10.6. The largest absolute Gasteiger partial charge is 0.481 e. The van der Waals surface area contributed by atoms with Gasteiger partial charge in [-0.15, -0.1) is 0 Å². The summed E-state index contributed by atoms with van der Waals surface area (Å²) in [4.78, 5) is 10.6. The van der Waals surface area contributed by atoms with E-state index in [1.54, 1.807) is 6.92 Å². The molecule has 2 unspecified atom stereocenters. The molecule has 0 aromatic rings. The van der Waals surface area contributed by atoms with Crippen LogP contribution in [0.2, 0.25) is 0 Å². The number of carboxylic acids is 1. The number of carboxylic acid groups (broad SMARTS) is 1. The van der Waals surface area contributed by atoms with Crippen LogP contribution in [0.1, 0.15) is 47.5 Å². The van der Waals surface area contributed by atoms with Crippen LogP contribution in [0.15, 0.2) is 0 Å². The molecule has 74 valence electrons. The number of rotatable bonds is 5. The highest BCUT2D eigenvalue weighted by Crippen LogP contribution is 2.20. The van der Waals surface area contributed by atoms with Gasteiger partial charge in [0, 0.05) is 0 Å². The molecular formula is C10H22O2. The highest BCUT2D eigenvalue weighted by atomic mass is 16.4. The zero-order valence-electron chi connectivity index (χ0n) is 7.63. The third-order valence-corrected chi connectivity index (χ3v) is 2.28. The van der Waals surface area contributed by atoms with Gasteiger partial charge in [-0.05, 0) is 12.3 Å². The minimum Gasteiger partial charge on any atom is -0.481 e. The van der Waals surface area contributed by atoms with Crippen molar-refractivity contribution in [3.05, 3.63) is 0 Å². The molecule has 0 heterocycles. The molecule has 0 aromatic heterocycles. The van der Waals surface area contributed by atoms with Crippen LogP contribution in [0.5, 0.6) is 0 Å². The first-order valence-corrected chi connectivity index (χ1v) is 4.36. The molecule has 0 aliphatic heterocycles. The van der Waals surface area contributed by atoms with E-state index in [0.717, 1.165) is 19.3 Å². The van der Waals surface area contributed by atoms with E-state index in [0.29, 0.717) is 5.92 Å². The first-order chi connectivity index (χ1) is 5.13. The molecule has 0 aromatic carbocycles. The molecule has 2 heteroatoms. The van der Waals surface area contributed by atoms with Crippen LogP contribution in [0.4, 0.5) is 0 Å². The number of carbonyl (C=O) groups is 1. The van der Waals surface area contributed by atoms with Gasteiger partial charge in [-0.25, -0.2) is 0 Å². The Balaban J connectivity index is 0. The van der Waals surface area contributed by atoms with Crippen LogP contribution in [0, 0.1) is 11.8 Å². The van der Waals surface area contributed by atoms with Gasteiger partial charge in [0.15, 0.2) is 0 Å². The van der Waals surface area contributed by atoms with Crippen molar-refractivity contribution in [1.29, 1.82) is 0 Å². The summed E-state index contributed by atoms with van der Waals surface area (Å²) in [5.41, 5.74) is 0. The SMILES string of the molecule is C.CCCC(CC)C(C)C(=O)O. The maximum Gasteiger partial charge on any atom is 0.306 e. The Morgan fingerprint density at radius 1 is 1.42 bits per heavy atom. The van der Waals surface area contributed by atoms with Crippen molar-refractivity contribution in [3.8, 4) is 0 Å². The zero-order valence-corrected chi connectivity index (χ0v) is 7.63. The van der Waals surface area contributed by atoms with E-state index >= 15 is 0 Å². The zero-order chi connectivity index (χ0) is 8.85. The molecule has 1 N–H and O–H groups in total. The molecular weight excluding hydrogens is 152 g/mol. The monoisotopic (exact) mass is 174 g/mol. The van der Waals surface area contributed by atoms with Crippen molar-refractivity contribution >= 4 is 5.97 Å². The van der Waals surface area contributed by atoms with Gasteiger partial charge in [-0.3, -0.25) is 4.79 Å². The van der Waals surface area contributed by atoms with Crippen LogP contribution >= 0.6 is 0 Å². The summed E-state index contributed by atoms with van der Waals surface area (Å²) in [5.74, 6) is -0.484. The summed E-state index contributed by atoms with van der Waals surface area (Å²) < 4.78 is 0. The Morgan fingerprint density at radius 2 is 1.92 bits per heavy atom.